The van der Waals surface area contributed by atoms with Crippen LogP contribution in [0.2, 0.25) is 0 Å². The molecule has 0 aliphatic carbocycles. The smallest absolute Gasteiger partial charge is 0.240 e. The molecule has 1 aromatic carbocycles. The number of methoxy groups -OCH3 is 1. The number of H-pyrrole nitrogens is 1. The van der Waals surface area contributed by atoms with E-state index < -0.39 is 5.60 Å². The molecule has 1 aromatic heterocycles. The molecule has 8 nitrogen and oxygen atoms in total. The Hall–Kier alpha value is -2.16. The van der Waals surface area contributed by atoms with Gasteiger partial charge in [-0.3, -0.25) is 15.0 Å². The molecule has 0 spiro atoms. The van der Waals surface area contributed by atoms with E-state index in [1.54, 1.807) is 14.0 Å². The summed E-state index contributed by atoms with van der Waals surface area (Å²) in [4.78, 5) is 22.3. The zero-order valence-electron chi connectivity index (χ0n) is 16.5. The molecule has 0 unspecified atom stereocenters. The number of β-amino-alcohol motifs (C(OH)–C–C–N with tert-alkyl or cyclic N) is 1. The highest BCUT2D eigenvalue weighted by molar-refractivity contribution is 5.94. The number of fused-ring (bicyclic) bond motifs is 1. The van der Waals surface area contributed by atoms with E-state index >= 15 is 0 Å². The maximum absolute atomic E-state index is 12.5. The van der Waals surface area contributed by atoms with Crippen LogP contribution < -0.4 is 10.1 Å². The number of carbonyl (C=O) groups is 1. The molecule has 0 radical (unpaired) electrons. The van der Waals surface area contributed by atoms with Crippen molar-refractivity contribution in [2.24, 2.45) is 0 Å². The first-order valence-corrected chi connectivity index (χ1v) is 9.84. The van der Waals surface area contributed by atoms with E-state index in [9.17, 15) is 9.90 Å². The third-order valence-corrected chi connectivity index (χ3v) is 5.67. The maximum Gasteiger partial charge on any atom is 0.240 e. The molecule has 2 saturated heterocycles. The summed E-state index contributed by atoms with van der Waals surface area (Å²) in [6, 6.07) is 4.01. The fraction of sp³-hybridized carbons (Fsp3) is 0.600. The van der Waals surface area contributed by atoms with Gasteiger partial charge in [-0.2, -0.15) is 0 Å². The number of likely N-dealkylation sites (tertiary alicyclic amines) is 1. The Bertz CT molecular complexity index is 857. The summed E-state index contributed by atoms with van der Waals surface area (Å²) in [5.41, 5.74) is 2.08. The summed E-state index contributed by atoms with van der Waals surface area (Å²) in [7, 11) is 1.63. The molecular weight excluding hydrogens is 360 g/mol. The molecule has 28 heavy (non-hydrogen) atoms. The minimum atomic E-state index is -0.717. The van der Waals surface area contributed by atoms with Gasteiger partial charge in [0.1, 0.15) is 11.3 Å². The van der Waals surface area contributed by atoms with Crippen LogP contribution in [0.3, 0.4) is 0 Å². The Morgan fingerprint density at radius 1 is 1.46 bits per heavy atom. The molecule has 2 aliphatic heterocycles. The van der Waals surface area contributed by atoms with Gasteiger partial charge in [0.25, 0.3) is 0 Å². The predicted molar refractivity (Wildman–Crippen MR) is 106 cm³/mol. The molecule has 3 N–H and O–H groups in total. The molecule has 8 heteroatoms. The van der Waals surface area contributed by atoms with E-state index in [1.807, 2.05) is 11.0 Å². The first-order valence-electron chi connectivity index (χ1n) is 9.84. The Kier molecular flexibility index (Phi) is 5.27. The van der Waals surface area contributed by atoms with Crippen molar-refractivity contribution in [2.45, 2.75) is 37.7 Å². The highest BCUT2D eigenvalue weighted by Gasteiger charge is 2.32. The van der Waals surface area contributed by atoms with E-state index in [-0.39, 0.29) is 12.5 Å². The van der Waals surface area contributed by atoms with Crippen LogP contribution in [0.25, 0.3) is 11.0 Å². The molecule has 2 fully saturated rings. The Morgan fingerprint density at radius 3 is 2.93 bits per heavy atom. The van der Waals surface area contributed by atoms with Gasteiger partial charge in [-0.25, -0.2) is 4.98 Å². The second kappa shape index (κ2) is 7.69. The number of rotatable bonds is 5. The number of benzene rings is 1. The summed E-state index contributed by atoms with van der Waals surface area (Å²) in [5.74, 6) is 1.36. The molecule has 1 atom stereocenters. The predicted octanol–water partition coefficient (Wildman–Crippen LogP) is 1.86. The number of imidazole rings is 1. The average molecular weight is 388 g/mol. The first-order chi connectivity index (χ1) is 13.4. The van der Waals surface area contributed by atoms with Crippen LogP contribution in [0.4, 0.5) is 5.95 Å². The molecule has 3 heterocycles. The number of carbonyl (C=O) groups excluding carboxylic acids is 1. The summed E-state index contributed by atoms with van der Waals surface area (Å²) in [5, 5.41) is 12.9. The summed E-state index contributed by atoms with van der Waals surface area (Å²) < 4.78 is 11.0. The monoisotopic (exact) mass is 388 g/mol. The number of aromatic amines is 1. The second-order valence-corrected chi connectivity index (χ2v) is 8.06. The van der Waals surface area contributed by atoms with Crippen molar-refractivity contribution in [3.63, 3.8) is 0 Å². The topological polar surface area (TPSA) is 99.7 Å². The van der Waals surface area contributed by atoms with Gasteiger partial charge in [-0.05, 0) is 43.7 Å². The summed E-state index contributed by atoms with van der Waals surface area (Å²) in [6.07, 6.45) is 2.60. The van der Waals surface area contributed by atoms with Crippen LogP contribution in [-0.2, 0) is 9.53 Å². The fourth-order valence-electron chi connectivity index (χ4n) is 4.20. The molecule has 0 bridgehead atoms. The minimum absolute atomic E-state index is 0.150. The number of aliphatic hydroxyl groups is 1. The first kappa shape index (κ1) is 19.2. The largest absolute Gasteiger partial charge is 0.494 e. The molecule has 0 saturated carbocycles. The SMILES string of the molecule is COc1ccc(C2CCOCC2)c2nc(NC(=O)CN3CC[C@](C)(O)C3)[nH]c12. The number of anilines is 1. The van der Waals surface area contributed by atoms with Crippen molar-refractivity contribution in [1.82, 2.24) is 14.9 Å². The van der Waals surface area contributed by atoms with Gasteiger partial charge in [0.05, 0.1) is 24.8 Å². The molecule has 152 valence electrons. The van der Waals surface area contributed by atoms with E-state index in [0.29, 0.717) is 37.1 Å². The number of hydrogen-bond acceptors (Lipinski definition) is 6. The quantitative estimate of drug-likeness (QED) is 0.723. The van der Waals surface area contributed by atoms with Crippen molar-refractivity contribution >= 4 is 22.9 Å². The highest BCUT2D eigenvalue weighted by Crippen LogP contribution is 2.36. The number of ether oxygens (including phenoxy) is 2. The summed E-state index contributed by atoms with van der Waals surface area (Å²) in [6.45, 7) is 4.76. The number of aromatic nitrogens is 2. The third kappa shape index (κ3) is 3.99. The van der Waals surface area contributed by atoms with Crippen LogP contribution in [0, 0.1) is 0 Å². The molecule has 2 aromatic rings. The van der Waals surface area contributed by atoms with Crippen molar-refractivity contribution in [3.05, 3.63) is 17.7 Å². The van der Waals surface area contributed by atoms with Crippen LogP contribution in [0.15, 0.2) is 12.1 Å². The molecule has 1 amide bonds. The van der Waals surface area contributed by atoms with E-state index in [4.69, 9.17) is 9.47 Å². The van der Waals surface area contributed by atoms with Crippen LogP contribution in [-0.4, -0.2) is 71.4 Å². The standard InChI is InChI=1S/C20H28N4O4/c1-20(26)7-8-24(12-20)11-16(25)21-19-22-17-14(13-5-9-28-10-6-13)3-4-15(27-2)18(17)23-19/h3-4,13,26H,5-12H2,1-2H3,(H2,21,22,23,25)/t20-/m0/s1. The second-order valence-electron chi connectivity index (χ2n) is 8.06. The number of hydrogen-bond donors (Lipinski definition) is 3. The van der Waals surface area contributed by atoms with Gasteiger partial charge in [0.15, 0.2) is 0 Å². The van der Waals surface area contributed by atoms with Crippen molar-refractivity contribution < 1.29 is 19.4 Å². The fourth-order valence-corrected chi connectivity index (χ4v) is 4.20. The van der Waals surface area contributed by atoms with E-state index in [1.165, 1.54) is 0 Å². The van der Waals surface area contributed by atoms with Crippen LogP contribution in [0.1, 0.15) is 37.7 Å². The lowest BCUT2D eigenvalue weighted by Crippen LogP contribution is -2.35. The lowest BCUT2D eigenvalue weighted by atomic mass is 9.90. The Labute approximate surface area is 164 Å². The molecule has 2 aliphatic rings. The van der Waals surface area contributed by atoms with Crippen molar-refractivity contribution in [2.75, 3.05) is 45.3 Å². The Balaban J connectivity index is 1.53. The lowest BCUT2D eigenvalue weighted by molar-refractivity contribution is -0.117. The zero-order chi connectivity index (χ0) is 19.7. The maximum atomic E-state index is 12.5. The van der Waals surface area contributed by atoms with E-state index in [2.05, 4.69) is 21.4 Å². The minimum Gasteiger partial charge on any atom is -0.494 e. The molecule has 4 rings (SSSR count). The molecular formula is C20H28N4O4. The van der Waals surface area contributed by atoms with Crippen molar-refractivity contribution in [3.8, 4) is 5.75 Å². The van der Waals surface area contributed by atoms with Gasteiger partial charge in [-0.1, -0.05) is 6.07 Å². The van der Waals surface area contributed by atoms with Gasteiger partial charge in [0, 0.05) is 26.3 Å². The van der Waals surface area contributed by atoms with Gasteiger partial charge in [-0.15, -0.1) is 0 Å². The third-order valence-electron chi connectivity index (χ3n) is 5.67. The van der Waals surface area contributed by atoms with Crippen LogP contribution >= 0.6 is 0 Å². The number of nitrogens with zero attached hydrogens (tertiary/aromatic N) is 2. The van der Waals surface area contributed by atoms with Crippen LogP contribution in [0.5, 0.6) is 5.75 Å². The lowest BCUT2D eigenvalue weighted by Gasteiger charge is -2.22. The number of amides is 1. The van der Waals surface area contributed by atoms with Gasteiger partial charge in [0.2, 0.25) is 11.9 Å². The Morgan fingerprint density at radius 2 is 2.25 bits per heavy atom. The summed E-state index contributed by atoms with van der Waals surface area (Å²) >= 11 is 0. The average Bonchev–Trinajstić information content (AvgIpc) is 3.23. The van der Waals surface area contributed by atoms with E-state index in [0.717, 1.165) is 42.7 Å². The zero-order valence-corrected chi connectivity index (χ0v) is 16.5. The van der Waals surface area contributed by atoms with Crippen molar-refractivity contribution in [1.29, 1.82) is 0 Å². The number of nitrogens with one attached hydrogen (secondary N) is 2. The van der Waals surface area contributed by atoms with Gasteiger partial charge >= 0.3 is 0 Å². The normalized spacial score (nSPS) is 24.0. The van der Waals surface area contributed by atoms with Gasteiger partial charge < -0.3 is 19.6 Å². The highest BCUT2D eigenvalue weighted by atomic mass is 16.5.